The number of imide groups is 2. The zero-order valence-electron chi connectivity index (χ0n) is 15.4. The molecule has 3 rings (SSSR count). The second-order valence-corrected chi connectivity index (χ2v) is 8.03. The van der Waals surface area contributed by atoms with Crippen molar-refractivity contribution < 1.29 is 19.1 Å². The zero-order chi connectivity index (χ0) is 21.3. The molecule has 1 aliphatic heterocycles. The first-order valence-corrected chi connectivity index (χ1v) is 9.92. The number of carbonyl (C=O) groups is 3. The predicted molar refractivity (Wildman–Crippen MR) is 114 cm³/mol. The number of barbiturate groups is 1. The van der Waals surface area contributed by atoms with Crippen molar-refractivity contribution in [3.63, 3.8) is 0 Å². The first kappa shape index (κ1) is 21.4. The Balaban J connectivity index is 1.94. The highest BCUT2D eigenvalue weighted by molar-refractivity contribution is 9.10. The van der Waals surface area contributed by atoms with E-state index in [0.29, 0.717) is 21.4 Å². The standard InChI is InChI=1S/C20H15BrCl2N2O4/c1-24-18(26)15(19(27)25(2)20(24)28)8-12-7-13(21)4-6-17(12)29-10-11-3-5-14(22)9-16(11)23/h3-9H,10H2,1-2H3. The van der Waals surface area contributed by atoms with Crippen LogP contribution in [0.15, 0.2) is 46.4 Å². The molecular formula is C20H15BrCl2N2O4. The van der Waals surface area contributed by atoms with Crippen molar-refractivity contribution in [2.45, 2.75) is 6.61 Å². The maximum absolute atomic E-state index is 12.5. The molecule has 0 aromatic heterocycles. The van der Waals surface area contributed by atoms with Gasteiger partial charge in [-0.05, 0) is 36.4 Å². The molecule has 150 valence electrons. The van der Waals surface area contributed by atoms with Crippen LogP contribution in [0.1, 0.15) is 11.1 Å². The van der Waals surface area contributed by atoms with Gasteiger partial charge < -0.3 is 4.74 Å². The van der Waals surface area contributed by atoms with Gasteiger partial charge >= 0.3 is 6.03 Å². The largest absolute Gasteiger partial charge is 0.488 e. The van der Waals surface area contributed by atoms with E-state index in [-0.39, 0.29) is 12.2 Å². The molecule has 0 aliphatic carbocycles. The smallest absolute Gasteiger partial charge is 0.333 e. The van der Waals surface area contributed by atoms with Crippen molar-refractivity contribution in [1.82, 2.24) is 9.80 Å². The van der Waals surface area contributed by atoms with Crippen molar-refractivity contribution in [1.29, 1.82) is 0 Å². The summed E-state index contributed by atoms with van der Waals surface area (Å²) >= 11 is 15.5. The average molecular weight is 498 g/mol. The molecule has 0 bridgehead atoms. The molecule has 0 unspecified atom stereocenters. The average Bonchev–Trinajstić information content (AvgIpc) is 2.68. The summed E-state index contributed by atoms with van der Waals surface area (Å²) in [6.07, 6.45) is 1.41. The third-order valence-corrected chi connectivity index (χ3v) is 5.39. The monoisotopic (exact) mass is 496 g/mol. The van der Waals surface area contributed by atoms with Crippen LogP contribution < -0.4 is 4.74 Å². The number of halogens is 3. The van der Waals surface area contributed by atoms with Crippen LogP contribution in [-0.2, 0) is 16.2 Å². The molecule has 1 heterocycles. The molecule has 0 atom stereocenters. The number of amides is 4. The SMILES string of the molecule is CN1C(=O)C(=Cc2cc(Br)ccc2OCc2ccc(Cl)cc2Cl)C(=O)N(C)C1=O. The van der Waals surface area contributed by atoms with E-state index >= 15 is 0 Å². The van der Waals surface area contributed by atoms with Gasteiger partial charge in [0.25, 0.3) is 11.8 Å². The maximum Gasteiger partial charge on any atom is 0.333 e. The van der Waals surface area contributed by atoms with Gasteiger partial charge in [0, 0.05) is 39.7 Å². The number of likely N-dealkylation sites (N-methyl/N-ethyl adjacent to an activating group) is 2. The van der Waals surface area contributed by atoms with E-state index in [1.807, 2.05) is 0 Å². The minimum atomic E-state index is -0.680. The highest BCUT2D eigenvalue weighted by Crippen LogP contribution is 2.29. The highest BCUT2D eigenvalue weighted by Gasteiger charge is 2.37. The van der Waals surface area contributed by atoms with Crippen molar-refractivity contribution in [2.24, 2.45) is 0 Å². The van der Waals surface area contributed by atoms with Crippen molar-refractivity contribution in [3.05, 3.63) is 67.6 Å². The second-order valence-electron chi connectivity index (χ2n) is 6.28. The first-order chi connectivity index (χ1) is 13.7. The molecule has 4 amide bonds. The highest BCUT2D eigenvalue weighted by atomic mass is 79.9. The maximum atomic E-state index is 12.5. The van der Waals surface area contributed by atoms with Crippen LogP contribution in [-0.4, -0.2) is 41.7 Å². The summed E-state index contributed by atoms with van der Waals surface area (Å²) in [4.78, 5) is 38.6. The quantitative estimate of drug-likeness (QED) is 0.450. The number of ether oxygens (including phenoxy) is 1. The number of hydrogen-bond donors (Lipinski definition) is 0. The minimum Gasteiger partial charge on any atom is -0.488 e. The lowest BCUT2D eigenvalue weighted by molar-refractivity contribution is -0.134. The molecule has 1 fully saturated rings. The fourth-order valence-corrected chi connectivity index (χ4v) is 3.53. The Morgan fingerprint density at radius 3 is 2.28 bits per heavy atom. The van der Waals surface area contributed by atoms with Gasteiger partial charge in [0.1, 0.15) is 17.9 Å². The second kappa shape index (κ2) is 8.57. The lowest BCUT2D eigenvalue weighted by Gasteiger charge is -2.29. The Hall–Kier alpha value is -2.35. The summed E-state index contributed by atoms with van der Waals surface area (Å²) in [6.45, 7) is 0.161. The Labute approximate surface area is 185 Å². The van der Waals surface area contributed by atoms with Crippen molar-refractivity contribution in [3.8, 4) is 5.75 Å². The molecule has 1 saturated heterocycles. The Kier molecular flexibility index (Phi) is 6.31. The van der Waals surface area contributed by atoms with E-state index in [1.54, 1.807) is 36.4 Å². The molecule has 1 aliphatic rings. The summed E-state index contributed by atoms with van der Waals surface area (Å²) in [5.74, 6) is -0.913. The molecule has 0 N–H and O–H groups in total. The molecule has 0 radical (unpaired) electrons. The summed E-state index contributed by atoms with van der Waals surface area (Å²) in [5, 5.41) is 0.985. The molecule has 9 heteroatoms. The predicted octanol–water partition coefficient (Wildman–Crippen LogP) is 4.77. The van der Waals surface area contributed by atoms with Crippen molar-refractivity contribution >= 4 is 63.1 Å². The van der Waals surface area contributed by atoms with Crippen LogP contribution in [0, 0.1) is 0 Å². The number of nitrogens with zero attached hydrogens (tertiary/aromatic N) is 2. The van der Waals surface area contributed by atoms with Crippen LogP contribution in [0.4, 0.5) is 4.79 Å². The van der Waals surface area contributed by atoms with Crippen LogP contribution in [0.25, 0.3) is 6.08 Å². The van der Waals surface area contributed by atoms with E-state index in [0.717, 1.165) is 19.8 Å². The number of urea groups is 1. The normalized spacial score (nSPS) is 14.5. The Morgan fingerprint density at radius 2 is 1.66 bits per heavy atom. The van der Waals surface area contributed by atoms with Gasteiger partial charge in [-0.1, -0.05) is 45.2 Å². The third kappa shape index (κ3) is 4.47. The van der Waals surface area contributed by atoms with E-state index in [4.69, 9.17) is 27.9 Å². The fourth-order valence-electron chi connectivity index (χ4n) is 2.69. The lowest BCUT2D eigenvalue weighted by atomic mass is 10.1. The summed E-state index contributed by atoms with van der Waals surface area (Å²) in [7, 11) is 2.64. The number of rotatable bonds is 4. The van der Waals surface area contributed by atoms with Gasteiger partial charge in [-0.3, -0.25) is 19.4 Å². The number of carbonyl (C=O) groups excluding carboxylic acids is 3. The Bertz CT molecular complexity index is 1030. The van der Waals surface area contributed by atoms with E-state index < -0.39 is 17.8 Å². The molecular weight excluding hydrogens is 483 g/mol. The van der Waals surface area contributed by atoms with Crippen LogP contribution in [0.5, 0.6) is 5.75 Å². The van der Waals surface area contributed by atoms with E-state index in [1.165, 1.54) is 20.2 Å². The van der Waals surface area contributed by atoms with Crippen LogP contribution in [0.2, 0.25) is 10.0 Å². The van der Waals surface area contributed by atoms with Crippen LogP contribution in [0.3, 0.4) is 0 Å². The lowest BCUT2D eigenvalue weighted by Crippen LogP contribution is -2.52. The summed E-state index contributed by atoms with van der Waals surface area (Å²) in [6, 6.07) is 9.59. The summed E-state index contributed by atoms with van der Waals surface area (Å²) in [5.41, 5.74) is 1.09. The Morgan fingerprint density at radius 1 is 1.00 bits per heavy atom. The van der Waals surface area contributed by atoms with Gasteiger partial charge in [-0.2, -0.15) is 0 Å². The topological polar surface area (TPSA) is 66.9 Å². The summed E-state index contributed by atoms with van der Waals surface area (Å²) < 4.78 is 6.61. The zero-order valence-corrected chi connectivity index (χ0v) is 18.5. The fraction of sp³-hybridized carbons (Fsp3) is 0.150. The third-order valence-electron chi connectivity index (χ3n) is 4.31. The van der Waals surface area contributed by atoms with E-state index in [2.05, 4.69) is 15.9 Å². The van der Waals surface area contributed by atoms with Crippen LogP contribution >= 0.6 is 39.1 Å². The first-order valence-electron chi connectivity index (χ1n) is 8.37. The number of hydrogen-bond acceptors (Lipinski definition) is 4. The molecule has 6 nitrogen and oxygen atoms in total. The minimum absolute atomic E-state index is 0.137. The number of benzene rings is 2. The molecule has 2 aromatic rings. The van der Waals surface area contributed by atoms with Gasteiger partial charge in [-0.15, -0.1) is 0 Å². The van der Waals surface area contributed by atoms with Gasteiger partial charge in [0.2, 0.25) is 0 Å². The van der Waals surface area contributed by atoms with E-state index in [9.17, 15) is 14.4 Å². The molecule has 2 aromatic carbocycles. The molecule has 0 spiro atoms. The molecule has 29 heavy (non-hydrogen) atoms. The molecule has 0 saturated carbocycles. The van der Waals surface area contributed by atoms with Gasteiger partial charge in [0.05, 0.1) is 0 Å². The van der Waals surface area contributed by atoms with Gasteiger partial charge in [-0.25, -0.2) is 4.79 Å². The van der Waals surface area contributed by atoms with Gasteiger partial charge in [0.15, 0.2) is 0 Å². The van der Waals surface area contributed by atoms with Crippen molar-refractivity contribution in [2.75, 3.05) is 14.1 Å².